The van der Waals surface area contributed by atoms with E-state index in [0.717, 1.165) is 18.4 Å². The highest BCUT2D eigenvalue weighted by Crippen LogP contribution is 2.30. The van der Waals surface area contributed by atoms with Gasteiger partial charge in [-0.25, -0.2) is 0 Å². The van der Waals surface area contributed by atoms with E-state index in [1.54, 1.807) is 0 Å². The van der Waals surface area contributed by atoms with Crippen molar-refractivity contribution in [2.75, 3.05) is 0 Å². The predicted octanol–water partition coefficient (Wildman–Crippen LogP) is 2.67. The molecule has 80 valence electrons. The molecule has 0 aliphatic heterocycles. The van der Waals surface area contributed by atoms with E-state index in [4.69, 9.17) is 4.74 Å². The zero-order valence-corrected chi connectivity index (χ0v) is 9.19. The molecule has 2 rings (SSSR count). The summed E-state index contributed by atoms with van der Waals surface area (Å²) < 4.78 is 5.34. The van der Waals surface area contributed by atoms with Crippen LogP contribution in [0.3, 0.4) is 0 Å². The fourth-order valence-corrected chi connectivity index (χ4v) is 1.46. The summed E-state index contributed by atoms with van der Waals surface area (Å²) in [6, 6.07) is 9.77. The van der Waals surface area contributed by atoms with E-state index in [1.807, 2.05) is 44.2 Å². The summed E-state index contributed by atoms with van der Waals surface area (Å²) in [5.74, 6) is -0.115. The van der Waals surface area contributed by atoms with E-state index in [0.29, 0.717) is 0 Å². The number of hydrogen-bond donors (Lipinski definition) is 0. The lowest BCUT2D eigenvalue weighted by molar-refractivity contribution is -0.150. The molecule has 1 saturated carbocycles. The first-order chi connectivity index (χ1) is 7.10. The minimum atomic E-state index is -0.538. The van der Waals surface area contributed by atoms with Gasteiger partial charge < -0.3 is 4.74 Å². The number of esters is 1. The van der Waals surface area contributed by atoms with Crippen molar-refractivity contribution in [1.82, 2.24) is 0 Å². The molecule has 2 nitrogen and oxygen atoms in total. The maximum Gasteiger partial charge on any atom is 0.316 e. The minimum Gasteiger partial charge on any atom is -0.462 e. The first kappa shape index (κ1) is 10.2. The van der Waals surface area contributed by atoms with Gasteiger partial charge in [0.2, 0.25) is 0 Å². The van der Waals surface area contributed by atoms with Crippen LogP contribution in [0.25, 0.3) is 0 Å². The van der Waals surface area contributed by atoms with Gasteiger partial charge in [0, 0.05) is 0 Å². The van der Waals surface area contributed by atoms with E-state index >= 15 is 0 Å². The van der Waals surface area contributed by atoms with Crippen molar-refractivity contribution >= 4 is 5.97 Å². The van der Waals surface area contributed by atoms with Crippen molar-refractivity contribution < 1.29 is 9.53 Å². The molecule has 1 aliphatic rings. The Balaban J connectivity index is 2.14. The summed E-state index contributed by atoms with van der Waals surface area (Å²) >= 11 is 0. The van der Waals surface area contributed by atoms with Gasteiger partial charge in [-0.1, -0.05) is 30.3 Å². The van der Waals surface area contributed by atoms with Crippen molar-refractivity contribution in [3.8, 4) is 0 Å². The van der Waals surface area contributed by atoms with Crippen LogP contribution in [0.4, 0.5) is 0 Å². The predicted molar refractivity (Wildman–Crippen MR) is 58.6 cm³/mol. The highest BCUT2D eigenvalue weighted by molar-refractivity contribution is 5.82. The number of rotatable bonds is 3. The van der Waals surface area contributed by atoms with Gasteiger partial charge in [-0.05, 0) is 32.3 Å². The molecule has 0 saturated heterocycles. The Bertz CT molecular complexity index is 350. The van der Waals surface area contributed by atoms with Crippen LogP contribution in [0.2, 0.25) is 0 Å². The molecule has 0 spiro atoms. The van der Waals surface area contributed by atoms with Gasteiger partial charge in [0.15, 0.2) is 0 Å². The lowest BCUT2D eigenvalue weighted by Crippen LogP contribution is -2.31. The third-order valence-corrected chi connectivity index (χ3v) is 2.80. The van der Waals surface area contributed by atoms with Crippen LogP contribution in [-0.4, -0.2) is 12.1 Å². The second-order valence-electron chi connectivity index (χ2n) is 4.60. The molecule has 1 aromatic rings. The van der Waals surface area contributed by atoms with Gasteiger partial charge in [-0.3, -0.25) is 4.79 Å². The Kier molecular flexibility index (Phi) is 2.51. The molecule has 1 aromatic carbocycles. The third kappa shape index (κ3) is 2.20. The zero-order chi connectivity index (χ0) is 10.9. The molecule has 0 bridgehead atoms. The summed E-state index contributed by atoms with van der Waals surface area (Å²) in [6.07, 6.45) is 2.23. The van der Waals surface area contributed by atoms with Crippen LogP contribution >= 0.6 is 0 Å². The Morgan fingerprint density at radius 1 is 1.27 bits per heavy atom. The summed E-state index contributed by atoms with van der Waals surface area (Å²) in [5.41, 5.74) is 0.472. The largest absolute Gasteiger partial charge is 0.462 e. The van der Waals surface area contributed by atoms with E-state index in [-0.39, 0.29) is 12.1 Å². The van der Waals surface area contributed by atoms with Crippen molar-refractivity contribution in [3.05, 3.63) is 35.9 Å². The summed E-state index contributed by atoms with van der Waals surface area (Å²) in [5, 5.41) is 0. The SMILES string of the molecule is CC(C)(C(=O)OC1CC1)c1ccccc1. The Morgan fingerprint density at radius 3 is 2.40 bits per heavy atom. The molecule has 0 heterocycles. The minimum absolute atomic E-state index is 0.115. The van der Waals surface area contributed by atoms with Crippen LogP contribution in [-0.2, 0) is 14.9 Å². The fraction of sp³-hybridized carbons (Fsp3) is 0.462. The summed E-state index contributed by atoms with van der Waals surface area (Å²) in [7, 11) is 0. The van der Waals surface area contributed by atoms with Crippen molar-refractivity contribution in [2.45, 2.75) is 38.2 Å². The monoisotopic (exact) mass is 204 g/mol. The van der Waals surface area contributed by atoms with E-state index in [2.05, 4.69) is 0 Å². The van der Waals surface area contributed by atoms with Crippen LogP contribution < -0.4 is 0 Å². The highest BCUT2D eigenvalue weighted by Gasteiger charge is 2.36. The first-order valence-corrected chi connectivity index (χ1v) is 5.37. The molecule has 0 radical (unpaired) electrons. The standard InChI is InChI=1S/C13H16O2/c1-13(2,10-6-4-3-5-7-10)12(14)15-11-8-9-11/h3-7,11H,8-9H2,1-2H3. The molecule has 0 N–H and O–H groups in total. The second-order valence-corrected chi connectivity index (χ2v) is 4.60. The maximum atomic E-state index is 11.9. The van der Waals surface area contributed by atoms with Crippen LogP contribution in [0.1, 0.15) is 32.3 Å². The van der Waals surface area contributed by atoms with E-state index in [1.165, 1.54) is 0 Å². The van der Waals surface area contributed by atoms with E-state index < -0.39 is 5.41 Å². The topological polar surface area (TPSA) is 26.3 Å². The van der Waals surface area contributed by atoms with E-state index in [9.17, 15) is 4.79 Å². The Hall–Kier alpha value is -1.31. The molecule has 0 atom stereocenters. The zero-order valence-electron chi connectivity index (χ0n) is 9.19. The average molecular weight is 204 g/mol. The molecule has 0 aromatic heterocycles. The first-order valence-electron chi connectivity index (χ1n) is 5.37. The molecular weight excluding hydrogens is 188 g/mol. The lowest BCUT2D eigenvalue weighted by atomic mass is 9.85. The molecule has 15 heavy (non-hydrogen) atoms. The third-order valence-electron chi connectivity index (χ3n) is 2.80. The number of hydrogen-bond acceptors (Lipinski definition) is 2. The van der Waals surface area contributed by atoms with Crippen LogP contribution in [0, 0.1) is 0 Å². The van der Waals surface area contributed by atoms with Crippen molar-refractivity contribution in [1.29, 1.82) is 0 Å². The van der Waals surface area contributed by atoms with Gasteiger partial charge in [-0.2, -0.15) is 0 Å². The maximum absolute atomic E-state index is 11.9. The van der Waals surface area contributed by atoms with Gasteiger partial charge in [0.1, 0.15) is 6.10 Å². The molecule has 0 amide bonds. The average Bonchev–Trinajstić information content (AvgIpc) is 3.03. The number of ether oxygens (including phenoxy) is 1. The highest BCUT2D eigenvalue weighted by atomic mass is 16.5. The van der Waals surface area contributed by atoms with Crippen LogP contribution in [0.15, 0.2) is 30.3 Å². The van der Waals surface area contributed by atoms with Gasteiger partial charge >= 0.3 is 5.97 Å². The van der Waals surface area contributed by atoms with Gasteiger partial charge in [0.25, 0.3) is 0 Å². The normalized spacial score (nSPS) is 16.1. The number of carbonyl (C=O) groups excluding carboxylic acids is 1. The Labute approximate surface area is 90.3 Å². The van der Waals surface area contributed by atoms with Gasteiger partial charge in [0.05, 0.1) is 5.41 Å². The van der Waals surface area contributed by atoms with Gasteiger partial charge in [-0.15, -0.1) is 0 Å². The summed E-state index contributed by atoms with van der Waals surface area (Å²) in [4.78, 5) is 11.9. The molecular formula is C13H16O2. The molecule has 1 aliphatic carbocycles. The number of carbonyl (C=O) groups is 1. The van der Waals surface area contributed by atoms with Crippen molar-refractivity contribution in [2.24, 2.45) is 0 Å². The number of benzene rings is 1. The molecule has 2 heteroatoms. The quantitative estimate of drug-likeness (QED) is 0.707. The molecule has 1 fully saturated rings. The smallest absolute Gasteiger partial charge is 0.316 e. The second kappa shape index (κ2) is 3.69. The fourth-order valence-electron chi connectivity index (χ4n) is 1.46. The lowest BCUT2D eigenvalue weighted by Gasteiger charge is -2.22. The van der Waals surface area contributed by atoms with Crippen molar-refractivity contribution in [3.63, 3.8) is 0 Å². The summed E-state index contributed by atoms with van der Waals surface area (Å²) in [6.45, 7) is 3.82. The molecule has 0 unspecified atom stereocenters. The Morgan fingerprint density at radius 2 is 1.87 bits per heavy atom. The van der Waals surface area contributed by atoms with Crippen LogP contribution in [0.5, 0.6) is 0 Å².